The molecule has 1 aromatic heterocycles. The van der Waals surface area contributed by atoms with Gasteiger partial charge < -0.3 is 10.1 Å². The lowest BCUT2D eigenvalue weighted by molar-refractivity contribution is 0.449. The van der Waals surface area contributed by atoms with Crippen molar-refractivity contribution in [3.8, 4) is 5.88 Å². The third kappa shape index (κ3) is 3.26. The highest BCUT2D eigenvalue weighted by molar-refractivity contribution is 7.71. The average molecular weight is 280 g/mol. The Hall–Kier alpha value is -2.48. The Kier molecular flexibility index (Phi) is 3.71. The highest BCUT2D eigenvalue weighted by Crippen LogP contribution is 2.08. The van der Waals surface area contributed by atoms with Crippen LogP contribution >= 0.6 is 12.2 Å². The number of benzene rings is 1. The molecule has 0 radical (unpaired) electrons. The van der Waals surface area contributed by atoms with Gasteiger partial charge in [0.1, 0.15) is 11.4 Å². The Morgan fingerprint density at radius 3 is 2.63 bits per heavy atom. The highest BCUT2D eigenvalue weighted by atomic mass is 32.1. The fourth-order valence-electron chi connectivity index (χ4n) is 1.30. The minimum atomic E-state index is -0.564. The molecule has 0 fully saturated rings. The van der Waals surface area contributed by atoms with Crippen molar-refractivity contribution >= 4 is 24.1 Å². The zero-order valence-corrected chi connectivity index (χ0v) is 10.3. The first-order valence-corrected chi connectivity index (χ1v) is 5.57. The van der Waals surface area contributed by atoms with E-state index in [-0.39, 0.29) is 22.0 Å². The van der Waals surface area contributed by atoms with Crippen LogP contribution in [0.3, 0.4) is 0 Å². The van der Waals surface area contributed by atoms with E-state index in [1.165, 1.54) is 24.3 Å². The minimum Gasteiger partial charge on any atom is -0.494 e. The second-order valence-corrected chi connectivity index (χ2v) is 3.96. The van der Waals surface area contributed by atoms with Crippen LogP contribution in [0.25, 0.3) is 0 Å². The summed E-state index contributed by atoms with van der Waals surface area (Å²) in [6.07, 6.45) is 1.13. The number of nitrogens with one attached hydrogen (secondary N) is 3. The molecule has 0 aliphatic heterocycles. The van der Waals surface area contributed by atoms with Gasteiger partial charge in [0.2, 0.25) is 5.88 Å². The molecule has 4 N–H and O–H groups in total. The Bertz CT molecular complexity index is 721. The number of hydrogen-bond acceptors (Lipinski definition) is 5. The van der Waals surface area contributed by atoms with Gasteiger partial charge in [0.15, 0.2) is 4.77 Å². The second-order valence-electron chi connectivity index (χ2n) is 3.55. The van der Waals surface area contributed by atoms with Gasteiger partial charge in [0.25, 0.3) is 5.56 Å². The maximum absolute atomic E-state index is 12.7. The molecule has 19 heavy (non-hydrogen) atoms. The Morgan fingerprint density at radius 1 is 1.32 bits per heavy atom. The molecule has 0 unspecified atom stereocenters. The Morgan fingerprint density at radius 2 is 2.00 bits per heavy atom. The molecule has 0 atom stereocenters. The van der Waals surface area contributed by atoms with Gasteiger partial charge in [-0.25, -0.2) is 4.39 Å². The lowest BCUT2D eigenvalue weighted by Gasteiger charge is -2.00. The predicted molar refractivity (Wildman–Crippen MR) is 71.5 cm³/mol. The summed E-state index contributed by atoms with van der Waals surface area (Å²) in [5.74, 6) is -0.738. The monoisotopic (exact) mass is 280 g/mol. The van der Waals surface area contributed by atoms with Crippen LogP contribution in [-0.4, -0.2) is 21.3 Å². The molecule has 1 aromatic carbocycles. The smallest absolute Gasteiger partial charge is 0.264 e. The van der Waals surface area contributed by atoms with Gasteiger partial charge >= 0.3 is 0 Å². The fourth-order valence-corrected chi connectivity index (χ4v) is 1.49. The fraction of sp³-hybridized carbons (Fsp3) is 0. The molecular formula is C11H9FN4O2S. The van der Waals surface area contributed by atoms with Crippen molar-refractivity contribution in [1.82, 2.24) is 9.97 Å². The molecule has 2 rings (SSSR count). The highest BCUT2D eigenvalue weighted by Gasteiger charge is 2.03. The maximum Gasteiger partial charge on any atom is 0.264 e. The second kappa shape index (κ2) is 5.44. The third-order valence-corrected chi connectivity index (χ3v) is 2.39. The third-order valence-electron chi connectivity index (χ3n) is 2.19. The van der Waals surface area contributed by atoms with Crippen molar-refractivity contribution in [1.29, 1.82) is 0 Å². The number of H-pyrrole nitrogens is 2. The number of halogens is 1. The van der Waals surface area contributed by atoms with Crippen LogP contribution in [0.1, 0.15) is 5.56 Å². The largest absolute Gasteiger partial charge is 0.494 e. The molecule has 0 saturated carbocycles. The van der Waals surface area contributed by atoms with Crippen molar-refractivity contribution in [2.45, 2.75) is 0 Å². The number of hydrogen-bond donors (Lipinski definition) is 4. The van der Waals surface area contributed by atoms with Gasteiger partial charge in [-0.15, -0.1) is 0 Å². The van der Waals surface area contributed by atoms with Crippen LogP contribution in [-0.2, 0) is 0 Å². The molecule has 1 heterocycles. The molecule has 0 spiro atoms. The number of nitrogens with zero attached hydrogens (tertiary/aromatic N) is 1. The Balaban J connectivity index is 2.18. The van der Waals surface area contributed by atoms with Crippen molar-refractivity contribution in [3.05, 3.63) is 50.8 Å². The summed E-state index contributed by atoms with van der Waals surface area (Å²) in [6.45, 7) is 0. The van der Waals surface area contributed by atoms with Gasteiger partial charge in [-0.1, -0.05) is 0 Å². The molecular weight excluding hydrogens is 271 g/mol. The lowest BCUT2D eigenvalue weighted by atomic mass is 10.3. The van der Waals surface area contributed by atoms with Crippen LogP contribution < -0.4 is 11.0 Å². The topological polar surface area (TPSA) is 93.3 Å². The van der Waals surface area contributed by atoms with E-state index in [0.29, 0.717) is 5.69 Å². The van der Waals surface area contributed by atoms with Gasteiger partial charge in [-0.05, 0) is 36.5 Å². The number of aromatic hydroxyl groups is 1. The first-order chi connectivity index (χ1) is 9.06. The van der Waals surface area contributed by atoms with Gasteiger partial charge in [0, 0.05) is 0 Å². The molecule has 0 amide bonds. The summed E-state index contributed by atoms with van der Waals surface area (Å²) in [6, 6.07) is 5.49. The standard InChI is InChI=1S/C11H9FN4O2S/c12-6-1-3-7(4-2-6)16-13-5-8-9(17)14-11(19)15-10(8)18/h1-5,16H,(H3,14,15,17,18,19)/b13-5-. The van der Waals surface area contributed by atoms with Crippen molar-refractivity contribution < 1.29 is 9.50 Å². The van der Waals surface area contributed by atoms with Gasteiger partial charge in [-0.2, -0.15) is 5.10 Å². The number of rotatable bonds is 3. The van der Waals surface area contributed by atoms with E-state index in [1.807, 2.05) is 0 Å². The molecule has 0 bridgehead atoms. The van der Waals surface area contributed by atoms with Crippen LogP contribution in [0, 0.1) is 10.6 Å². The van der Waals surface area contributed by atoms with E-state index >= 15 is 0 Å². The molecule has 0 aliphatic carbocycles. The van der Waals surface area contributed by atoms with E-state index in [0.717, 1.165) is 6.21 Å². The van der Waals surface area contributed by atoms with Crippen molar-refractivity contribution in [2.75, 3.05) is 5.43 Å². The van der Waals surface area contributed by atoms with E-state index < -0.39 is 5.56 Å². The minimum absolute atomic E-state index is 0.0196. The number of aromatic amines is 2. The normalized spacial score (nSPS) is 10.8. The zero-order valence-electron chi connectivity index (χ0n) is 9.48. The molecule has 8 heteroatoms. The lowest BCUT2D eigenvalue weighted by Crippen LogP contribution is -2.14. The predicted octanol–water partition coefficient (Wildman–Crippen LogP) is 1.72. The summed E-state index contributed by atoms with van der Waals surface area (Å²) in [4.78, 5) is 16.2. The molecule has 2 aromatic rings. The molecule has 0 saturated heterocycles. The number of aromatic nitrogens is 2. The zero-order chi connectivity index (χ0) is 13.8. The molecule has 0 aliphatic rings. The summed E-state index contributed by atoms with van der Waals surface area (Å²) in [7, 11) is 0. The Labute approximate surface area is 111 Å². The quantitative estimate of drug-likeness (QED) is 0.391. The first kappa shape index (κ1) is 13.0. The number of hydrazone groups is 1. The van der Waals surface area contributed by atoms with Gasteiger partial charge in [-0.3, -0.25) is 15.2 Å². The van der Waals surface area contributed by atoms with Crippen molar-refractivity contribution in [3.63, 3.8) is 0 Å². The summed E-state index contributed by atoms with van der Waals surface area (Å²) in [5, 5.41) is 13.3. The SMILES string of the molecule is O=c1[nH]c(=S)[nH]c(O)c1/C=N\Nc1ccc(F)cc1. The summed E-state index contributed by atoms with van der Waals surface area (Å²) in [5.41, 5.74) is 2.50. The number of anilines is 1. The summed E-state index contributed by atoms with van der Waals surface area (Å²) < 4.78 is 12.7. The van der Waals surface area contributed by atoms with E-state index in [2.05, 4.69) is 32.7 Å². The average Bonchev–Trinajstić information content (AvgIpc) is 2.34. The van der Waals surface area contributed by atoms with Crippen LogP contribution in [0.2, 0.25) is 0 Å². The van der Waals surface area contributed by atoms with E-state index in [4.69, 9.17) is 0 Å². The molecule has 98 valence electrons. The first-order valence-electron chi connectivity index (χ1n) is 5.16. The van der Waals surface area contributed by atoms with Crippen LogP contribution in [0.5, 0.6) is 5.88 Å². The van der Waals surface area contributed by atoms with Crippen LogP contribution in [0.15, 0.2) is 34.2 Å². The maximum atomic E-state index is 12.7. The van der Waals surface area contributed by atoms with E-state index in [1.54, 1.807) is 0 Å². The summed E-state index contributed by atoms with van der Waals surface area (Å²) >= 11 is 4.68. The van der Waals surface area contributed by atoms with Crippen LogP contribution in [0.4, 0.5) is 10.1 Å². The van der Waals surface area contributed by atoms with Crippen molar-refractivity contribution in [2.24, 2.45) is 5.10 Å². The molecule has 6 nitrogen and oxygen atoms in total. The van der Waals surface area contributed by atoms with Gasteiger partial charge in [0.05, 0.1) is 11.9 Å². The van der Waals surface area contributed by atoms with E-state index in [9.17, 15) is 14.3 Å².